The first-order valence-corrected chi connectivity index (χ1v) is 15.2. The van der Waals surface area contributed by atoms with E-state index in [1.807, 2.05) is 89.7 Å². The fourth-order valence-corrected chi connectivity index (χ4v) is 6.54. The molecule has 0 spiro atoms. The Labute approximate surface area is 225 Å². The molecule has 0 amide bonds. The van der Waals surface area contributed by atoms with Crippen molar-refractivity contribution in [1.82, 2.24) is 9.13 Å². The molecule has 0 saturated heterocycles. The molecule has 3 aromatic carbocycles. The molecule has 0 N–H and O–H groups in total. The van der Waals surface area contributed by atoms with Gasteiger partial charge in [0.2, 0.25) is 0 Å². The van der Waals surface area contributed by atoms with Gasteiger partial charge in [0.25, 0.3) is 0 Å². The summed E-state index contributed by atoms with van der Waals surface area (Å²) in [5, 5.41) is 0. The second kappa shape index (κ2) is 13.6. The SMILES string of the molecule is CCOP(=O)(CCCCCCn1c(-c2ccccc2)c(-c2ccccc2)n(-c2ccccc2)c1=O)OCC. The third-order valence-electron chi connectivity index (χ3n) is 6.46. The topological polar surface area (TPSA) is 62.5 Å². The standard InChI is InChI=1S/C31H37N2O4P/c1-3-36-38(35,37-4-2)25-17-6-5-16-24-32-29(26-18-10-7-11-19-26)30(27-20-12-8-13-21-27)33(31(32)34)28-22-14-9-15-23-28/h7-15,18-23H,3-6,16-17,24-25H2,1-2H3. The zero-order valence-corrected chi connectivity index (χ0v) is 23.2. The van der Waals surface area contributed by atoms with Gasteiger partial charge in [0.1, 0.15) is 0 Å². The molecule has 0 radical (unpaired) electrons. The van der Waals surface area contributed by atoms with Crippen LogP contribution in [0.15, 0.2) is 95.8 Å². The van der Waals surface area contributed by atoms with Gasteiger partial charge < -0.3 is 9.05 Å². The Balaban J connectivity index is 1.63. The van der Waals surface area contributed by atoms with E-state index in [1.165, 1.54) is 0 Å². The fraction of sp³-hybridized carbons (Fsp3) is 0.323. The number of unbranched alkanes of at least 4 members (excludes halogenated alkanes) is 3. The summed E-state index contributed by atoms with van der Waals surface area (Å²) in [5.74, 6) is 0. The molecule has 0 atom stereocenters. The first-order valence-electron chi connectivity index (χ1n) is 13.5. The molecule has 0 saturated carbocycles. The summed E-state index contributed by atoms with van der Waals surface area (Å²) in [5.41, 5.74) is 4.60. The summed E-state index contributed by atoms with van der Waals surface area (Å²) in [6.07, 6.45) is 3.82. The third kappa shape index (κ3) is 6.63. The van der Waals surface area contributed by atoms with Crippen LogP contribution in [-0.2, 0) is 20.2 Å². The van der Waals surface area contributed by atoms with Crippen LogP contribution >= 0.6 is 7.60 Å². The summed E-state index contributed by atoms with van der Waals surface area (Å²) >= 11 is 0. The molecule has 1 heterocycles. The predicted molar refractivity (Wildman–Crippen MR) is 155 cm³/mol. The van der Waals surface area contributed by atoms with Crippen LogP contribution in [0.1, 0.15) is 39.5 Å². The molecule has 6 nitrogen and oxygen atoms in total. The molecule has 1 aromatic heterocycles. The minimum absolute atomic E-state index is 0.0499. The Bertz CT molecular complexity index is 1370. The fourth-order valence-electron chi connectivity index (χ4n) is 4.81. The average Bonchev–Trinajstić information content (AvgIpc) is 3.24. The summed E-state index contributed by atoms with van der Waals surface area (Å²) in [6, 6.07) is 30.1. The molecule has 4 rings (SSSR count). The normalized spacial score (nSPS) is 11.6. The molecule has 0 bridgehead atoms. The van der Waals surface area contributed by atoms with Gasteiger partial charge in [-0.15, -0.1) is 0 Å². The number of imidazole rings is 1. The van der Waals surface area contributed by atoms with Crippen LogP contribution in [0.4, 0.5) is 0 Å². The minimum Gasteiger partial charge on any atom is -0.309 e. The molecule has 0 aliphatic carbocycles. The van der Waals surface area contributed by atoms with E-state index in [0.29, 0.717) is 25.9 Å². The predicted octanol–water partition coefficient (Wildman–Crippen LogP) is 7.80. The number of hydrogen-bond acceptors (Lipinski definition) is 4. The molecule has 38 heavy (non-hydrogen) atoms. The van der Waals surface area contributed by atoms with Crippen LogP contribution in [0.3, 0.4) is 0 Å². The van der Waals surface area contributed by atoms with Crippen molar-refractivity contribution in [2.24, 2.45) is 0 Å². The largest absolute Gasteiger partial charge is 0.333 e. The van der Waals surface area contributed by atoms with Crippen molar-refractivity contribution in [3.05, 3.63) is 101 Å². The highest BCUT2D eigenvalue weighted by atomic mass is 31.2. The Morgan fingerprint density at radius 2 is 1.16 bits per heavy atom. The highest BCUT2D eigenvalue weighted by Gasteiger charge is 2.24. The molecule has 0 fully saturated rings. The Morgan fingerprint density at radius 3 is 1.71 bits per heavy atom. The van der Waals surface area contributed by atoms with Gasteiger partial charge >= 0.3 is 13.3 Å². The number of aromatic nitrogens is 2. The van der Waals surface area contributed by atoms with E-state index in [1.54, 1.807) is 0 Å². The van der Waals surface area contributed by atoms with Crippen molar-refractivity contribution >= 4 is 7.60 Å². The van der Waals surface area contributed by atoms with Crippen LogP contribution in [0, 0.1) is 0 Å². The van der Waals surface area contributed by atoms with E-state index < -0.39 is 7.60 Å². The van der Waals surface area contributed by atoms with E-state index in [4.69, 9.17) is 9.05 Å². The summed E-state index contributed by atoms with van der Waals surface area (Å²) in [7, 11) is -3.01. The number of nitrogens with zero attached hydrogens (tertiary/aromatic N) is 2. The van der Waals surface area contributed by atoms with Crippen LogP contribution in [0.25, 0.3) is 28.2 Å². The van der Waals surface area contributed by atoms with Crippen molar-refractivity contribution in [3.8, 4) is 28.2 Å². The number of benzene rings is 3. The number of hydrogen-bond donors (Lipinski definition) is 0. The first kappa shape index (κ1) is 27.8. The van der Waals surface area contributed by atoms with Crippen molar-refractivity contribution < 1.29 is 13.6 Å². The Morgan fingerprint density at radius 1 is 0.658 bits per heavy atom. The minimum atomic E-state index is -3.01. The Kier molecular flexibility index (Phi) is 9.94. The van der Waals surface area contributed by atoms with E-state index >= 15 is 0 Å². The zero-order valence-electron chi connectivity index (χ0n) is 22.3. The van der Waals surface area contributed by atoms with Crippen molar-refractivity contribution in [1.29, 1.82) is 0 Å². The highest BCUT2D eigenvalue weighted by Crippen LogP contribution is 2.48. The van der Waals surface area contributed by atoms with Gasteiger partial charge in [0.15, 0.2) is 0 Å². The lowest BCUT2D eigenvalue weighted by atomic mass is 10.0. The molecular weight excluding hydrogens is 495 g/mol. The summed E-state index contributed by atoms with van der Waals surface area (Å²) in [4.78, 5) is 14.0. The molecule has 7 heteroatoms. The van der Waals surface area contributed by atoms with E-state index in [9.17, 15) is 9.36 Å². The van der Waals surface area contributed by atoms with Crippen molar-refractivity contribution in [2.75, 3.05) is 19.4 Å². The Hall–Kier alpha value is -3.18. The third-order valence-corrected chi connectivity index (χ3v) is 8.63. The smallest absolute Gasteiger partial charge is 0.309 e. The lowest BCUT2D eigenvalue weighted by Gasteiger charge is -2.16. The highest BCUT2D eigenvalue weighted by molar-refractivity contribution is 7.53. The lowest BCUT2D eigenvalue weighted by molar-refractivity contribution is 0.219. The van der Waals surface area contributed by atoms with Gasteiger partial charge in [-0.3, -0.25) is 13.7 Å². The van der Waals surface area contributed by atoms with Gasteiger partial charge in [-0.05, 0) is 38.8 Å². The van der Waals surface area contributed by atoms with Crippen molar-refractivity contribution in [3.63, 3.8) is 0 Å². The van der Waals surface area contributed by atoms with Crippen LogP contribution in [-0.4, -0.2) is 28.5 Å². The lowest BCUT2D eigenvalue weighted by Crippen LogP contribution is -2.24. The molecule has 4 aromatic rings. The van der Waals surface area contributed by atoms with Crippen LogP contribution in [0.2, 0.25) is 0 Å². The number of para-hydroxylation sites is 1. The molecule has 0 aliphatic heterocycles. The van der Waals surface area contributed by atoms with E-state index in [2.05, 4.69) is 24.3 Å². The second-order valence-electron chi connectivity index (χ2n) is 9.12. The number of rotatable bonds is 14. The van der Waals surface area contributed by atoms with Crippen molar-refractivity contribution in [2.45, 2.75) is 46.1 Å². The molecular formula is C31H37N2O4P. The summed E-state index contributed by atoms with van der Waals surface area (Å²) in [6.45, 7) is 5.02. The van der Waals surface area contributed by atoms with E-state index in [0.717, 1.165) is 53.9 Å². The van der Waals surface area contributed by atoms with E-state index in [-0.39, 0.29) is 5.69 Å². The molecule has 0 unspecified atom stereocenters. The van der Waals surface area contributed by atoms with Crippen LogP contribution < -0.4 is 5.69 Å². The molecule has 200 valence electrons. The quantitative estimate of drug-likeness (QED) is 0.123. The maximum Gasteiger partial charge on any atom is 0.333 e. The van der Waals surface area contributed by atoms with Crippen LogP contribution in [0.5, 0.6) is 0 Å². The maximum absolute atomic E-state index is 14.0. The average molecular weight is 533 g/mol. The second-order valence-corrected chi connectivity index (χ2v) is 11.3. The maximum atomic E-state index is 14.0. The van der Waals surface area contributed by atoms with Gasteiger partial charge in [-0.1, -0.05) is 91.7 Å². The van der Waals surface area contributed by atoms with Gasteiger partial charge in [-0.25, -0.2) is 4.79 Å². The molecule has 0 aliphatic rings. The first-order chi connectivity index (χ1) is 18.6. The monoisotopic (exact) mass is 532 g/mol. The summed E-state index contributed by atoms with van der Waals surface area (Å²) < 4.78 is 27.3. The zero-order chi connectivity index (χ0) is 26.8. The van der Waals surface area contributed by atoms with Gasteiger partial charge in [0, 0.05) is 17.7 Å². The van der Waals surface area contributed by atoms with Gasteiger partial charge in [-0.2, -0.15) is 0 Å². The van der Waals surface area contributed by atoms with Gasteiger partial charge in [0.05, 0.1) is 36.5 Å².